The maximum absolute atomic E-state index is 4.38. The molecule has 0 unspecified atom stereocenters. The van der Waals surface area contributed by atoms with Crippen LogP contribution in [0.4, 0.5) is 5.95 Å². The zero-order chi connectivity index (χ0) is 12.2. The first kappa shape index (κ1) is 11.0. The van der Waals surface area contributed by atoms with Crippen molar-refractivity contribution >= 4 is 18.1 Å². The van der Waals surface area contributed by atoms with Gasteiger partial charge >= 0.3 is 0 Å². The topological polar surface area (TPSA) is 29.0 Å². The summed E-state index contributed by atoms with van der Waals surface area (Å²) in [7, 11) is 0. The van der Waals surface area contributed by atoms with Gasteiger partial charge in [-0.2, -0.15) is 0 Å². The molecular formula is C15H15N3. The van der Waals surface area contributed by atoms with Gasteiger partial charge in [0, 0.05) is 31.0 Å². The number of hydrogen-bond acceptors (Lipinski definition) is 3. The van der Waals surface area contributed by atoms with Crippen molar-refractivity contribution in [3.8, 4) is 0 Å². The zero-order valence-corrected chi connectivity index (χ0v) is 10.2. The molecule has 0 N–H and O–H groups in total. The average molecular weight is 237 g/mol. The normalized spacial score (nSPS) is 14.8. The van der Waals surface area contributed by atoms with Gasteiger partial charge in [0.25, 0.3) is 0 Å². The second-order valence-electron chi connectivity index (χ2n) is 4.40. The molecule has 0 atom stereocenters. The molecule has 0 aliphatic carbocycles. The van der Waals surface area contributed by atoms with Gasteiger partial charge in [-0.1, -0.05) is 42.5 Å². The Kier molecular flexibility index (Phi) is 3.05. The van der Waals surface area contributed by atoms with E-state index in [0.29, 0.717) is 0 Å². The number of anilines is 1. The molecule has 1 aliphatic heterocycles. The summed E-state index contributed by atoms with van der Waals surface area (Å²) in [5, 5.41) is 0. The molecule has 18 heavy (non-hydrogen) atoms. The van der Waals surface area contributed by atoms with Crippen LogP contribution in [0.25, 0.3) is 12.2 Å². The first-order valence-corrected chi connectivity index (χ1v) is 6.22. The maximum Gasteiger partial charge on any atom is 0.225 e. The molecular weight excluding hydrogens is 222 g/mol. The van der Waals surface area contributed by atoms with Crippen molar-refractivity contribution < 1.29 is 0 Å². The quantitative estimate of drug-likeness (QED) is 0.822. The van der Waals surface area contributed by atoms with Crippen LogP contribution in [-0.4, -0.2) is 23.1 Å². The van der Waals surface area contributed by atoms with Crippen LogP contribution < -0.4 is 4.90 Å². The van der Waals surface area contributed by atoms with Gasteiger partial charge < -0.3 is 4.90 Å². The summed E-state index contributed by atoms with van der Waals surface area (Å²) in [6, 6.07) is 10.2. The van der Waals surface area contributed by atoms with Crippen LogP contribution in [0.3, 0.4) is 0 Å². The third-order valence-corrected chi connectivity index (χ3v) is 3.06. The molecule has 0 saturated carbocycles. The van der Waals surface area contributed by atoms with E-state index in [9.17, 15) is 0 Å². The lowest BCUT2D eigenvalue weighted by Gasteiger charge is -2.30. The predicted molar refractivity (Wildman–Crippen MR) is 74.2 cm³/mol. The summed E-state index contributed by atoms with van der Waals surface area (Å²) in [5.74, 6) is 0.845. The Bertz CT molecular complexity index is 527. The van der Waals surface area contributed by atoms with Gasteiger partial charge in [0.2, 0.25) is 5.95 Å². The van der Waals surface area contributed by atoms with E-state index in [-0.39, 0.29) is 0 Å². The van der Waals surface area contributed by atoms with Crippen molar-refractivity contribution in [1.82, 2.24) is 9.97 Å². The van der Waals surface area contributed by atoms with E-state index in [1.807, 2.05) is 36.7 Å². The molecule has 0 spiro atoms. The van der Waals surface area contributed by atoms with E-state index in [0.717, 1.165) is 24.6 Å². The van der Waals surface area contributed by atoms with Gasteiger partial charge in [0.15, 0.2) is 0 Å². The Labute approximate surface area is 107 Å². The molecule has 90 valence electrons. The largest absolute Gasteiger partial charge is 0.341 e. The van der Waals surface area contributed by atoms with Crippen LogP contribution >= 0.6 is 0 Å². The van der Waals surface area contributed by atoms with Crippen molar-refractivity contribution in [2.45, 2.75) is 6.42 Å². The number of aromatic nitrogens is 2. The summed E-state index contributed by atoms with van der Waals surface area (Å²) < 4.78 is 0. The van der Waals surface area contributed by atoms with Crippen LogP contribution in [0, 0.1) is 0 Å². The summed E-state index contributed by atoms with van der Waals surface area (Å²) in [4.78, 5) is 10.9. The van der Waals surface area contributed by atoms with Crippen LogP contribution in [-0.2, 0) is 0 Å². The minimum absolute atomic E-state index is 0.845. The standard InChI is InChI=1S/C15H15N3/c1-2-5-13(6-3-1)7-8-14-11-16-15(17-12-14)18-9-4-10-18/h1-3,5-8,11-12H,4,9-10H2. The number of rotatable bonds is 3. The minimum Gasteiger partial charge on any atom is -0.341 e. The van der Waals surface area contributed by atoms with Crippen molar-refractivity contribution in [2.75, 3.05) is 18.0 Å². The highest BCUT2D eigenvalue weighted by molar-refractivity contribution is 5.68. The monoisotopic (exact) mass is 237 g/mol. The average Bonchev–Trinajstić information content (AvgIpc) is 2.37. The summed E-state index contributed by atoms with van der Waals surface area (Å²) in [6.45, 7) is 2.17. The molecule has 3 heteroatoms. The highest BCUT2D eigenvalue weighted by Gasteiger charge is 2.16. The Morgan fingerprint density at radius 2 is 1.56 bits per heavy atom. The van der Waals surface area contributed by atoms with Crippen molar-refractivity contribution in [1.29, 1.82) is 0 Å². The number of benzene rings is 1. The summed E-state index contributed by atoms with van der Waals surface area (Å²) >= 11 is 0. The molecule has 2 aromatic rings. The molecule has 1 aromatic carbocycles. The van der Waals surface area contributed by atoms with Gasteiger partial charge in [-0.05, 0) is 12.0 Å². The van der Waals surface area contributed by atoms with E-state index >= 15 is 0 Å². The number of nitrogens with zero attached hydrogens (tertiary/aromatic N) is 3. The van der Waals surface area contributed by atoms with Crippen LogP contribution in [0.15, 0.2) is 42.7 Å². The molecule has 3 nitrogen and oxygen atoms in total. The fraction of sp³-hybridized carbons (Fsp3) is 0.200. The fourth-order valence-corrected chi connectivity index (χ4v) is 1.85. The minimum atomic E-state index is 0.845. The molecule has 1 saturated heterocycles. The second kappa shape index (κ2) is 5.00. The van der Waals surface area contributed by atoms with Gasteiger partial charge in [-0.25, -0.2) is 9.97 Å². The first-order valence-electron chi connectivity index (χ1n) is 6.22. The molecule has 1 aliphatic rings. The van der Waals surface area contributed by atoms with Crippen molar-refractivity contribution in [2.24, 2.45) is 0 Å². The van der Waals surface area contributed by atoms with E-state index in [2.05, 4.69) is 33.1 Å². The fourth-order valence-electron chi connectivity index (χ4n) is 1.85. The van der Waals surface area contributed by atoms with E-state index in [1.54, 1.807) is 0 Å². The van der Waals surface area contributed by atoms with Gasteiger partial charge in [-0.3, -0.25) is 0 Å². The highest BCUT2D eigenvalue weighted by atomic mass is 15.3. The van der Waals surface area contributed by atoms with Gasteiger partial charge in [0.1, 0.15) is 0 Å². The maximum atomic E-state index is 4.38. The van der Waals surface area contributed by atoms with E-state index in [4.69, 9.17) is 0 Å². The van der Waals surface area contributed by atoms with E-state index in [1.165, 1.54) is 12.0 Å². The smallest absolute Gasteiger partial charge is 0.225 e. The van der Waals surface area contributed by atoms with Crippen LogP contribution in [0.5, 0.6) is 0 Å². The lowest BCUT2D eigenvalue weighted by atomic mass is 10.2. The first-order chi connectivity index (χ1) is 8.92. The zero-order valence-electron chi connectivity index (χ0n) is 10.2. The van der Waals surface area contributed by atoms with Crippen LogP contribution in [0.2, 0.25) is 0 Å². The third kappa shape index (κ3) is 2.40. The predicted octanol–water partition coefficient (Wildman–Crippen LogP) is 2.86. The highest BCUT2D eigenvalue weighted by Crippen LogP contribution is 2.15. The lowest BCUT2D eigenvalue weighted by molar-refractivity contribution is 0.600. The molecule has 0 radical (unpaired) electrons. The Balaban J connectivity index is 1.71. The Morgan fingerprint density at radius 3 is 2.17 bits per heavy atom. The van der Waals surface area contributed by atoms with Crippen molar-refractivity contribution in [3.05, 3.63) is 53.9 Å². The van der Waals surface area contributed by atoms with Gasteiger partial charge in [0.05, 0.1) is 0 Å². The molecule has 1 aromatic heterocycles. The molecule has 3 rings (SSSR count). The summed E-state index contributed by atoms with van der Waals surface area (Å²) in [6.07, 6.45) is 9.11. The lowest BCUT2D eigenvalue weighted by Crippen LogP contribution is -2.38. The Morgan fingerprint density at radius 1 is 0.889 bits per heavy atom. The molecule has 2 heterocycles. The van der Waals surface area contributed by atoms with E-state index < -0.39 is 0 Å². The van der Waals surface area contributed by atoms with Gasteiger partial charge in [-0.15, -0.1) is 0 Å². The molecule has 0 amide bonds. The molecule has 0 bridgehead atoms. The summed E-state index contributed by atoms with van der Waals surface area (Å²) in [5.41, 5.74) is 2.22. The van der Waals surface area contributed by atoms with Crippen molar-refractivity contribution in [3.63, 3.8) is 0 Å². The number of hydrogen-bond donors (Lipinski definition) is 0. The molecule has 1 fully saturated rings. The Hall–Kier alpha value is -2.16. The SMILES string of the molecule is C(=Cc1cnc(N2CCC2)nc1)c1ccccc1. The van der Waals surface area contributed by atoms with Crippen LogP contribution in [0.1, 0.15) is 17.5 Å². The third-order valence-electron chi connectivity index (χ3n) is 3.06. The second-order valence-corrected chi connectivity index (χ2v) is 4.40.